The number of methoxy groups -OCH3 is 1. The molecule has 1 amide bonds. The van der Waals surface area contributed by atoms with Gasteiger partial charge in [-0.3, -0.25) is 4.79 Å². The van der Waals surface area contributed by atoms with Crippen molar-refractivity contribution in [1.29, 1.82) is 0 Å². The van der Waals surface area contributed by atoms with E-state index in [0.717, 1.165) is 5.56 Å². The fourth-order valence-electron chi connectivity index (χ4n) is 2.56. The van der Waals surface area contributed by atoms with Crippen molar-refractivity contribution in [2.45, 2.75) is 32.6 Å². The minimum Gasteiger partial charge on any atom is -0.495 e. The molecule has 8 heteroatoms. The van der Waals surface area contributed by atoms with Crippen molar-refractivity contribution in [3.05, 3.63) is 47.5 Å². The Morgan fingerprint density at radius 2 is 1.76 bits per heavy atom. The summed E-state index contributed by atoms with van der Waals surface area (Å²) in [6.07, 6.45) is 0. The molecule has 0 radical (unpaired) electrons. The number of amides is 1. The molecular weight excluding hydrogens is 392 g/mol. The fraction of sp³-hybridized carbons (Fsp3) is 0.381. The Hall–Kier alpha value is -2.58. The summed E-state index contributed by atoms with van der Waals surface area (Å²) in [5.74, 6) is 0.866. The van der Waals surface area contributed by atoms with Gasteiger partial charge in [0.15, 0.2) is 6.61 Å². The van der Waals surface area contributed by atoms with Crippen molar-refractivity contribution in [2.24, 2.45) is 5.92 Å². The van der Waals surface area contributed by atoms with Crippen LogP contribution in [0.3, 0.4) is 0 Å². The second-order valence-corrected chi connectivity index (χ2v) is 8.98. The van der Waals surface area contributed by atoms with Gasteiger partial charge in [-0.1, -0.05) is 19.9 Å². The Bertz CT molecular complexity index is 971. The standard InChI is InChI=1S/C21H28N2O5S/c1-14(2)12-22-29(25,26)17-7-9-19(16(4)11-17)28-13-21(24)23-18-10-15(3)6-8-20(18)27-5/h6-11,14,22H,12-13H2,1-5H3,(H,23,24). The van der Waals surface area contributed by atoms with E-state index in [1.807, 2.05) is 32.9 Å². The number of carbonyl (C=O) groups is 1. The molecule has 0 saturated heterocycles. The number of benzene rings is 2. The summed E-state index contributed by atoms with van der Waals surface area (Å²) in [7, 11) is -2.04. The Kier molecular flexibility index (Phi) is 7.64. The largest absolute Gasteiger partial charge is 0.495 e. The molecule has 0 unspecified atom stereocenters. The number of ether oxygens (including phenoxy) is 2. The number of anilines is 1. The SMILES string of the molecule is COc1ccc(C)cc1NC(=O)COc1ccc(S(=O)(=O)NCC(C)C)cc1C. The number of nitrogens with one attached hydrogen (secondary N) is 2. The minimum absolute atomic E-state index is 0.164. The maximum atomic E-state index is 12.3. The van der Waals surface area contributed by atoms with Crippen LogP contribution in [0.5, 0.6) is 11.5 Å². The van der Waals surface area contributed by atoms with Gasteiger partial charge in [-0.05, 0) is 61.2 Å². The van der Waals surface area contributed by atoms with E-state index in [1.54, 1.807) is 19.1 Å². The van der Waals surface area contributed by atoms with Crippen LogP contribution in [0.25, 0.3) is 0 Å². The van der Waals surface area contributed by atoms with Crippen LogP contribution in [0.2, 0.25) is 0 Å². The molecule has 0 heterocycles. The number of rotatable bonds is 9. The summed E-state index contributed by atoms with van der Waals surface area (Å²) in [6.45, 7) is 7.67. The third-order valence-electron chi connectivity index (χ3n) is 4.13. The first-order valence-electron chi connectivity index (χ1n) is 9.30. The van der Waals surface area contributed by atoms with E-state index in [2.05, 4.69) is 10.0 Å². The van der Waals surface area contributed by atoms with Crippen LogP contribution in [0, 0.1) is 19.8 Å². The van der Waals surface area contributed by atoms with E-state index in [9.17, 15) is 13.2 Å². The summed E-state index contributed by atoms with van der Waals surface area (Å²) < 4.78 is 38.0. The zero-order valence-electron chi connectivity index (χ0n) is 17.4. The van der Waals surface area contributed by atoms with Gasteiger partial charge in [0, 0.05) is 6.54 Å². The highest BCUT2D eigenvalue weighted by Crippen LogP contribution is 2.25. The second kappa shape index (κ2) is 9.76. The molecule has 0 aliphatic carbocycles. The molecule has 0 aliphatic rings. The van der Waals surface area contributed by atoms with Gasteiger partial charge in [0.05, 0.1) is 17.7 Å². The number of aryl methyl sites for hydroxylation is 2. The molecule has 2 rings (SSSR count). The summed E-state index contributed by atoms with van der Waals surface area (Å²) in [4.78, 5) is 12.4. The Balaban J connectivity index is 2.02. The van der Waals surface area contributed by atoms with E-state index < -0.39 is 10.0 Å². The number of hydrogen-bond acceptors (Lipinski definition) is 5. The van der Waals surface area contributed by atoms with E-state index in [4.69, 9.17) is 9.47 Å². The van der Waals surface area contributed by atoms with Crippen molar-refractivity contribution < 1.29 is 22.7 Å². The topological polar surface area (TPSA) is 93.7 Å². The van der Waals surface area contributed by atoms with Crippen LogP contribution < -0.4 is 19.5 Å². The maximum Gasteiger partial charge on any atom is 0.262 e. The summed E-state index contributed by atoms with van der Waals surface area (Å²) >= 11 is 0. The first-order chi connectivity index (χ1) is 13.6. The van der Waals surface area contributed by atoms with Crippen molar-refractivity contribution >= 4 is 21.6 Å². The monoisotopic (exact) mass is 420 g/mol. The number of sulfonamides is 1. The molecule has 0 bridgehead atoms. The van der Waals surface area contributed by atoms with Crippen molar-refractivity contribution in [1.82, 2.24) is 4.72 Å². The first kappa shape index (κ1) is 22.7. The van der Waals surface area contributed by atoms with Gasteiger partial charge in [0.1, 0.15) is 11.5 Å². The van der Waals surface area contributed by atoms with Gasteiger partial charge in [-0.25, -0.2) is 13.1 Å². The quantitative estimate of drug-likeness (QED) is 0.649. The van der Waals surface area contributed by atoms with E-state index >= 15 is 0 Å². The van der Waals surface area contributed by atoms with Gasteiger partial charge in [0.25, 0.3) is 5.91 Å². The molecular formula is C21H28N2O5S. The lowest BCUT2D eigenvalue weighted by Crippen LogP contribution is -2.27. The predicted octanol–water partition coefficient (Wildman–Crippen LogP) is 3.26. The third kappa shape index (κ3) is 6.47. The zero-order chi connectivity index (χ0) is 21.6. The lowest BCUT2D eigenvalue weighted by molar-refractivity contribution is -0.118. The first-order valence-corrected chi connectivity index (χ1v) is 10.8. The molecule has 0 spiro atoms. The van der Waals surface area contributed by atoms with Crippen molar-refractivity contribution in [2.75, 3.05) is 25.6 Å². The molecule has 0 fully saturated rings. The normalized spacial score (nSPS) is 11.4. The molecule has 0 aromatic heterocycles. The van der Waals surface area contributed by atoms with Gasteiger partial charge < -0.3 is 14.8 Å². The molecule has 2 aromatic carbocycles. The Labute approximate surface area is 172 Å². The van der Waals surface area contributed by atoms with Crippen LogP contribution >= 0.6 is 0 Å². The van der Waals surface area contributed by atoms with Gasteiger partial charge >= 0.3 is 0 Å². The highest BCUT2D eigenvalue weighted by atomic mass is 32.2. The number of carbonyl (C=O) groups excluding carboxylic acids is 1. The van der Waals surface area contributed by atoms with Crippen LogP contribution in [0.4, 0.5) is 5.69 Å². The minimum atomic E-state index is -3.58. The summed E-state index contributed by atoms with van der Waals surface area (Å²) in [5, 5.41) is 2.76. The third-order valence-corrected chi connectivity index (χ3v) is 5.55. The van der Waals surface area contributed by atoms with Crippen LogP contribution in [0.1, 0.15) is 25.0 Å². The zero-order valence-corrected chi connectivity index (χ0v) is 18.2. The van der Waals surface area contributed by atoms with Crippen LogP contribution in [-0.4, -0.2) is 34.6 Å². The summed E-state index contributed by atoms with van der Waals surface area (Å²) in [5.41, 5.74) is 2.18. The lowest BCUT2D eigenvalue weighted by Gasteiger charge is -2.14. The van der Waals surface area contributed by atoms with E-state index in [-0.39, 0.29) is 23.3 Å². The second-order valence-electron chi connectivity index (χ2n) is 7.21. The molecule has 7 nitrogen and oxygen atoms in total. The van der Waals surface area contributed by atoms with Gasteiger partial charge in [-0.15, -0.1) is 0 Å². The molecule has 0 aliphatic heterocycles. The highest BCUT2D eigenvalue weighted by molar-refractivity contribution is 7.89. The van der Waals surface area contributed by atoms with Crippen LogP contribution in [0.15, 0.2) is 41.3 Å². The van der Waals surface area contributed by atoms with Crippen molar-refractivity contribution in [3.63, 3.8) is 0 Å². The van der Waals surface area contributed by atoms with E-state index in [0.29, 0.717) is 29.3 Å². The number of hydrogen-bond donors (Lipinski definition) is 2. The summed E-state index contributed by atoms with van der Waals surface area (Å²) in [6, 6.07) is 10.0. The molecule has 0 saturated carbocycles. The highest BCUT2D eigenvalue weighted by Gasteiger charge is 2.16. The predicted molar refractivity (Wildman–Crippen MR) is 113 cm³/mol. The van der Waals surface area contributed by atoms with E-state index in [1.165, 1.54) is 19.2 Å². The smallest absolute Gasteiger partial charge is 0.262 e. The molecule has 2 N–H and O–H groups in total. The van der Waals surface area contributed by atoms with Gasteiger partial charge in [-0.2, -0.15) is 0 Å². The maximum absolute atomic E-state index is 12.3. The lowest BCUT2D eigenvalue weighted by atomic mass is 10.2. The average Bonchev–Trinajstić information content (AvgIpc) is 2.65. The Morgan fingerprint density at radius 1 is 1.07 bits per heavy atom. The van der Waals surface area contributed by atoms with Gasteiger partial charge in [0.2, 0.25) is 10.0 Å². The molecule has 0 atom stereocenters. The molecule has 29 heavy (non-hydrogen) atoms. The Morgan fingerprint density at radius 3 is 2.38 bits per heavy atom. The average molecular weight is 421 g/mol. The molecule has 2 aromatic rings. The molecule has 158 valence electrons. The van der Waals surface area contributed by atoms with Crippen LogP contribution in [-0.2, 0) is 14.8 Å². The fourth-order valence-corrected chi connectivity index (χ4v) is 3.86. The van der Waals surface area contributed by atoms with Crippen molar-refractivity contribution in [3.8, 4) is 11.5 Å².